The fourth-order valence-electron chi connectivity index (χ4n) is 7.44. The second-order valence-corrected chi connectivity index (χ2v) is 14.7. The van der Waals surface area contributed by atoms with Gasteiger partial charge in [-0.2, -0.15) is 0 Å². The molecule has 4 aromatic carbocycles. The second-order valence-electron chi connectivity index (χ2n) is 14.7. The van der Waals surface area contributed by atoms with Gasteiger partial charge < -0.3 is 19.7 Å². The van der Waals surface area contributed by atoms with Gasteiger partial charge in [-0.1, -0.05) is 61.4 Å². The van der Waals surface area contributed by atoms with Gasteiger partial charge in [-0.25, -0.2) is 0 Å². The van der Waals surface area contributed by atoms with E-state index in [2.05, 4.69) is 10.6 Å². The van der Waals surface area contributed by atoms with E-state index in [1.54, 1.807) is 47.4 Å². The first kappa shape index (κ1) is 41.7. The number of imide groups is 2. The minimum absolute atomic E-state index is 0.0120. The van der Waals surface area contributed by atoms with Crippen molar-refractivity contribution in [3.8, 4) is 11.5 Å². The molecule has 15 heteroatoms. The summed E-state index contributed by atoms with van der Waals surface area (Å²) in [6, 6.07) is 24.9. The Kier molecular flexibility index (Phi) is 13.1. The maximum absolute atomic E-state index is 13.6. The number of piperidine rings is 1. The van der Waals surface area contributed by atoms with Crippen molar-refractivity contribution in [1.29, 1.82) is 0 Å². The number of nitrogens with zero attached hydrogens (tertiary/aromatic N) is 3. The number of para-hydroxylation sites is 1. The third-order valence-electron chi connectivity index (χ3n) is 10.6. The van der Waals surface area contributed by atoms with E-state index in [1.807, 2.05) is 48.5 Å². The summed E-state index contributed by atoms with van der Waals surface area (Å²) in [6.07, 6.45) is 8.73. The molecule has 6 amide bonds. The van der Waals surface area contributed by atoms with Gasteiger partial charge in [0.25, 0.3) is 23.4 Å². The number of hydrogen-bond acceptors (Lipinski definition) is 10. The van der Waals surface area contributed by atoms with Crippen LogP contribution in [0.1, 0.15) is 82.4 Å². The Hall–Kier alpha value is -7.42. The van der Waals surface area contributed by atoms with Crippen LogP contribution in [0.3, 0.4) is 0 Å². The molecule has 15 nitrogen and oxygen atoms in total. The zero-order valence-electron chi connectivity index (χ0n) is 33.2. The number of nitro benzene ring substituents is 1. The minimum Gasteiger partial charge on any atom is -0.493 e. The molecular formula is C46H43N5O10. The molecule has 4 aromatic rings. The van der Waals surface area contributed by atoms with Gasteiger partial charge in [0.2, 0.25) is 17.7 Å². The summed E-state index contributed by atoms with van der Waals surface area (Å²) in [5.74, 6) is -1.61. The zero-order valence-corrected chi connectivity index (χ0v) is 33.2. The molecule has 3 heterocycles. The lowest BCUT2D eigenvalue weighted by molar-refractivity contribution is -0.384. The molecule has 0 spiro atoms. The highest BCUT2D eigenvalue weighted by atomic mass is 16.6. The number of benzene rings is 4. The molecule has 0 bridgehead atoms. The summed E-state index contributed by atoms with van der Waals surface area (Å²) < 4.78 is 11.7. The van der Waals surface area contributed by atoms with Crippen molar-refractivity contribution in [3.05, 3.63) is 141 Å². The van der Waals surface area contributed by atoms with Gasteiger partial charge in [0, 0.05) is 36.1 Å². The highest BCUT2D eigenvalue weighted by Crippen LogP contribution is 2.38. The summed E-state index contributed by atoms with van der Waals surface area (Å²) in [5.41, 5.74) is 4.16. The third-order valence-corrected chi connectivity index (χ3v) is 10.6. The van der Waals surface area contributed by atoms with Crippen molar-refractivity contribution in [2.75, 3.05) is 24.7 Å². The van der Waals surface area contributed by atoms with Gasteiger partial charge in [-0.05, 0) is 78.9 Å². The Morgan fingerprint density at radius 2 is 1.57 bits per heavy atom. The number of hydrogen-bond donors (Lipinski definition) is 2. The Morgan fingerprint density at radius 1 is 0.820 bits per heavy atom. The fraction of sp³-hybridized carbons (Fsp3) is 0.261. The molecule has 61 heavy (non-hydrogen) atoms. The molecule has 2 N–H and O–H groups in total. The fourth-order valence-corrected chi connectivity index (χ4v) is 7.44. The molecule has 1 unspecified atom stereocenters. The van der Waals surface area contributed by atoms with Crippen molar-refractivity contribution in [3.63, 3.8) is 0 Å². The van der Waals surface area contributed by atoms with Crippen LogP contribution in [-0.4, -0.2) is 71.1 Å². The molecule has 3 aliphatic heterocycles. The number of nitro groups is 1. The van der Waals surface area contributed by atoms with Gasteiger partial charge in [0.1, 0.15) is 24.1 Å². The number of allylic oxidation sites excluding steroid dienone is 2. The number of fused-ring (bicyclic) bond motifs is 2. The van der Waals surface area contributed by atoms with Crippen LogP contribution in [0, 0.1) is 10.1 Å². The van der Waals surface area contributed by atoms with Crippen molar-refractivity contribution >= 4 is 58.5 Å². The van der Waals surface area contributed by atoms with Crippen LogP contribution in [0.2, 0.25) is 0 Å². The van der Waals surface area contributed by atoms with Crippen molar-refractivity contribution in [1.82, 2.24) is 15.5 Å². The highest BCUT2D eigenvalue weighted by molar-refractivity contribution is 6.32. The van der Waals surface area contributed by atoms with Crippen LogP contribution >= 0.6 is 0 Å². The SMILES string of the molecule is O=C(CCCCCCOc1cccc2c1C(=O)N(C1CCC(=O)NC1=O)C2=O)NCCOc1ccc(CN2C(=O)C(=C/C=C/c3ccc([N+](=O)[O-])cc3)c3ccccc32)cc1. The minimum atomic E-state index is -1.05. The quantitative estimate of drug-likeness (QED) is 0.0386. The van der Waals surface area contributed by atoms with Crippen LogP contribution in [0.5, 0.6) is 11.5 Å². The molecule has 0 radical (unpaired) electrons. The lowest BCUT2D eigenvalue weighted by Crippen LogP contribution is -2.54. The van der Waals surface area contributed by atoms with Crippen molar-refractivity contribution < 1.29 is 43.2 Å². The summed E-state index contributed by atoms with van der Waals surface area (Å²) in [7, 11) is 0. The lowest BCUT2D eigenvalue weighted by atomic mass is 10.0. The number of non-ortho nitro benzene ring substituents is 1. The van der Waals surface area contributed by atoms with E-state index in [-0.39, 0.29) is 53.8 Å². The van der Waals surface area contributed by atoms with E-state index in [0.717, 1.165) is 40.1 Å². The van der Waals surface area contributed by atoms with Crippen LogP contribution < -0.4 is 25.0 Å². The van der Waals surface area contributed by atoms with Crippen LogP contribution in [0.4, 0.5) is 11.4 Å². The molecule has 1 saturated heterocycles. The van der Waals surface area contributed by atoms with E-state index in [4.69, 9.17) is 9.47 Å². The average molecular weight is 826 g/mol. The van der Waals surface area contributed by atoms with E-state index in [9.17, 15) is 38.9 Å². The maximum Gasteiger partial charge on any atom is 0.269 e. The molecule has 0 aliphatic carbocycles. The lowest BCUT2D eigenvalue weighted by Gasteiger charge is -2.27. The van der Waals surface area contributed by atoms with Gasteiger partial charge >= 0.3 is 0 Å². The average Bonchev–Trinajstić information content (AvgIpc) is 3.67. The van der Waals surface area contributed by atoms with Crippen molar-refractivity contribution in [2.24, 2.45) is 0 Å². The summed E-state index contributed by atoms with van der Waals surface area (Å²) in [4.78, 5) is 89.3. The first-order valence-electron chi connectivity index (χ1n) is 20.1. The van der Waals surface area contributed by atoms with Crippen LogP contribution in [0.15, 0.2) is 103 Å². The number of nitrogens with one attached hydrogen (secondary N) is 2. The molecule has 0 saturated carbocycles. The number of ether oxygens (including phenoxy) is 2. The van der Waals surface area contributed by atoms with Crippen LogP contribution in [-0.2, 0) is 25.7 Å². The second kappa shape index (κ2) is 19.1. The number of carbonyl (C=O) groups excluding carboxylic acids is 6. The van der Waals surface area contributed by atoms with E-state index in [1.165, 1.54) is 18.2 Å². The van der Waals surface area contributed by atoms with E-state index >= 15 is 0 Å². The number of carbonyl (C=O) groups is 6. The Balaban J connectivity index is 0.785. The molecule has 3 aliphatic rings. The van der Waals surface area contributed by atoms with Gasteiger partial charge in [0.15, 0.2) is 0 Å². The largest absolute Gasteiger partial charge is 0.493 e. The smallest absolute Gasteiger partial charge is 0.269 e. The molecule has 0 aromatic heterocycles. The van der Waals surface area contributed by atoms with Gasteiger partial charge in [-0.15, -0.1) is 0 Å². The van der Waals surface area contributed by atoms with Crippen molar-refractivity contribution in [2.45, 2.75) is 57.5 Å². The standard InChI is InChI=1S/C46H43N5O10/c52-40(15-3-1-2-6-27-61-39-14-8-12-36-42(39)46(57)50(45(36)56)38-24-25-41(53)48-43(38)54)47-26-28-60-33-22-18-31(19-23-33)29-49-37-13-5-4-10-34(37)35(44(49)55)11-7-9-30-16-20-32(21-17-30)51(58)59/h4-5,7-14,16-23,38H,1-3,6,15,24-29H2,(H,47,52)(H,48,53,54)/b9-7+,35-11?. The Morgan fingerprint density at radius 3 is 2.34 bits per heavy atom. The number of amides is 6. The number of unbranched alkanes of at least 4 members (excludes halogenated alkanes) is 3. The summed E-state index contributed by atoms with van der Waals surface area (Å²) >= 11 is 0. The van der Waals surface area contributed by atoms with Crippen LogP contribution in [0.25, 0.3) is 11.6 Å². The molecule has 312 valence electrons. The molecule has 7 rings (SSSR count). The Labute approximate surface area is 351 Å². The zero-order chi connectivity index (χ0) is 42.9. The molecule has 1 fully saturated rings. The van der Waals surface area contributed by atoms with E-state index in [0.29, 0.717) is 50.3 Å². The van der Waals surface area contributed by atoms with Gasteiger partial charge in [-0.3, -0.25) is 49.1 Å². The normalized spacial score (nSPS) is 16.6. The predicted octanol–water partition coefficient (Wildman–Crippen LogP) is 6.16. The van der Waals surface area contributed by atoms with E-state index < -0.39 is 34.6 Å². The number of rotatable bonds is 18. The summed E-state index contributed by atoms with van der Waals surface area (Å²) in [6.45, 7) is 1.28. The Bertz CT molecular complexity index is 2430. The highest BCUT2D eigenvalue weighted by Gasteiger charge is 2.46. The monoisotopic (exact) mass is 825 g/mol. The summed E-state index contributed by atoms with van der Waals surface area (Å²) in [5, 5.41) is 16.0. The maximum atomic E-state index is 13.6. The molecular weight excluding hydrogens is 783 g/mol. The molecule has 1 atom stereocenters. The predicted molar refractivity (Wildman–Crippen MR) is 224 cm³/mol. The van der Waals surface area contributed by atoms with Gasteiger partial charge in [0.05, 0.1) is 41.4 Å². The topological polar surface area (TPSA) is 195 Å². The first-order chi connectivity index (χ1) is 29.6. The number of anilines is 1. The third kappa shape index (κ3) is 9.73. The first-order valence-corrected chi connectivity index (χ1v) is 20.1.